The van der Waals surface area contributed by atoms with E-state index in [9.17, 15) is 93.2 Å². The molecule has 4 aliphatic heterocycles. The van der Waals surface area contributed by atoms with E-state index >= 15 is 0 Å². The Balaban J connectivity index is 1.73. The van der Waals surface area contributed by atoms with E-state index in [0.717, 1.165) is 13.8 Å². The average Bonchev–Trinajstić information content (AvgIpc) is 3.18. The van der Waals surface area contributed by atoms with Crippen molar-refractivity contribution in [1.82, 2.24) is 10.6 Å². The highest BCUT2D eigenvalue weighted by Crippen LogP contribution is 2.35. The third kappa shape index (κ3) is 16.4. The van der Waals surface area contributed by atoms with Gasteiger partial charge in [-0.05, 0) is 0 Å². The molecule has 0 aromatic heterocycles. The molecule has 0 aromatic carbocycles. The van der Waals surface area contributed by atoms with E-state index in [1.807, 2.05) is 0 Å². The van der Waals surface area contributed by atoms with Crippen LogP contribution in [0.2, 0.25) is 0 Å². The fourth-order valence-electron chi connectivity index (χ4n) is 6.91. The lowest BCUT2D eigenvalue weighted by molar-refractivity contribution is -0.376. The second-order valence-electron chi connectivity index (χ2n) is 14.7. The van der Waals surface area contributed by atoms with Gasteiger partial charge in [-0.15, -0.1) is 0 Å². The van der Waals surface area contributed by atoms with Gasteiger partial charge in [-0.2, -0.15) is 33.7 Å². The topological polar surface area (TPSA) is 539 Å². The van der Waals surface area contributed by atoms with E-state index in [2.05, 4.69) is 27.4 Å². The SMILES string of the molecule is CC(=O)N[C@H]1[C@H](O[C@H]2[C@@H](O)[C@@H](COS(=O)(=O)O)O[C@@H](O[C@H]3[C@H](O)[C@@H](NC(C)=O)C(O)O[C@@H]3COS(=O)(=O)O)[C@@H]2O)O[C@H](COS(=O)(=O)O)[C@@H](O[C@@H]2O[C@H](COS(=O)(=O)O)[C@H](O)[C@H](O)[C@H]2O)[C@@H]1O. The number of carbonyl (C=O) groups is 2. The van der Waals surface area contributed by atoms with E-state index < -0.39 is 203 Å². The number of aliphatic hydroxyl groups excluding tert-OH is 8. The number of nitrogens with one attached hydrogen (secondary N) is 2. The molecule has 20 atom stereocenters. The van der Waals surface area contributed by atoms with Gasteiger partial charge in [0.05, 0.1) is 26.4 Å². The molecule has 0 aliphatic carbocycles. The van der Waals surface area contributed by atoms with Crippen LogP contribution in [0, 0.1) is 0 Å². The first-order chi connectivity index (χ1) is 30.7. The standard InChI is InChI=1S/C28H48N2O33S4/c1-7(31)29-13-17(35)22(11(57-25(13)40)5-55-66(47,48)49)62-28-21(39)24(16(34)10(59-28)4-54-65(44,45)46)63-26-14(30-8(2)32)18(36)23(12(60-26)6-56-67(50,51)52)61-27-20(38)19(37)15(33)9(58-27)3-53-64(41,42)43/h9-28,33-40H,3-6H2,1-2H3,(H,29,31)(H,30,32)(H,41,42,43)(H,44,45,46)(H,47,48,49)(H,50,51,52)/t9-,10-,11-,12-,13-,14-,15+,16+,17-,18-,19+,20-,21-,22-,23-,24+,25?,26+,27+,28+/m1/s1. The zero-order chi connectivity index (χ0) is 50.7. The summed E-state index contributed by atoms with van der Waals surface area (Å²) in [5.41, 5.74) is 0. The molecule has 67 heavy (non-hydrogen) atoms. The average molecular weight is 1070 g/mol. The molecule has 1 unspecified atom stereocenters. The second kappa shape index (κ2) is 22.9. The van der Waals surface area contributed by atoms with Crippen LogP contribution < -0.4 is 10.6 Å². The van der Waals surface area contributed by atoms with Gasteiger partial charge in [-0.1, -0.05) is 0 Å². The fourth-order valence-corrected chi connectivity index (χ4v) is 8.14. The van der Waals surface area contributed by atoms with Crippen molar-refractivity contribution in [2.24, 2.45) is 0 Å². The first kappa shape index (κ1) is 57.4. The first-order valence-corrected chi connectivity index (χ1v) is 24.2. The molecule has 39 heteroatoms. The predicted molar refractivity (Wildman–Crippen MR) is 199 cm³/mol. The molecule has 0 saturated carbocycles. The summed E-state index contributed by atoms with van der Waals surface area (Å²) in [4.78, 5) is 24.4. The molecular weight excluding hydrogens is 1020 g/mol. The Morgan fingerprint density at radius 2 is 0.761 bits per heavy atom. The third-order valence-electron chi connectivity index (χ3n) is 9.81. The van der Waals surface area contributed by atoms with Crippen molar-refractivity contribution in [3.05, 3.63) is 0 Å². The molecule has 0 aromatic rings. The van der Waals surface area contributed by atoms with Crippen LogP contribution in [0.15, 0.2) is 0 Å². The number of hydrogen-bond acceptors (Lipinski definition) is 29. The Labute approximate surface area is 378 Å². The minimum Gasteiger partial charge on any atom is -0.388 e. The molecule has 0 radical (unpaired) electrons. The van der Waals surface area contributed by atoms with Crippen LogP contribution >= 0.6 is 0 Å². The number of ether oxygens (including phenoxy) is 7. The molecule has 2 amide bonds. The van der Waals surface area contributed by atoms with Gasteiger partial charge in [-0.25, -0.2) is 16.7 Å². The first-order valence-electron chi connectivity index (χ1n) is 18.7. The lowest BCUT2D eigenvalue weighted by atomic mass is 9.94. The van der Waals surface area contributed by atoms with Gasteiger partial charge in [0, 0.05) is 13.8 Å². The maximum Gasteiger partial charge on any atom is 0.397 e. The van der Waals surface area contributed by atoms with Gasteiger partial charge in [0.15, 0.2) is 25.2 Å². The summed E-state index contributed by atoms with van der Waals surface area (Å²) in [6.45, 7) is -3.56. The molecule has 4 heterocycles. The van der Waals surface area contributed by atoms with Crippen LogP contribution in [-0.2, 0) is 101 Å². The van der Waals surface area contributed by atoms with Crippen LogP contribution in [0.1, 0.15) is 13.8 Å². The molecule has 4 rings (SSSR count). The smallest absolute Gasteiger partial charge is 0.388 e. The molecule has 392 valence electrons. The minimum absolute atomic E-state index is 0.842. The molecule has 4 fully saturated rings. The summed E-state index contributed by atoms with van der Waals surface area (Å²) in [6, 6.07) is -3.90. The summed E-state index contributed by atoms with van der Waals surface area (Å²) in [5.74, 6) is -1.94. The van der Waals surface area contributed by atoms with Gasteiger partial charge < -0.3 is 84.6 Å². The zero-order valence-corrected chi connectivity index (χ0v) is 37.2. The lowest BCUT2D eigenvalue weighted by Gasteiger charge is -2.50. The van der Waals surface area contributed by atoms with Crippen molar-refractivity contribution in [2.45, 2.75) is 137 Å². The largest absolute Gasteiger partial charge is 0.397 e. The fraction of sp³-hybridized carbons (Fsp3) is 0.929. The van der Waals surface area contributed by atoms with Gasteiger partial charge in [0.2, 0.25) is 11.8 Å². The highest BCUT2D eigenvalue weighted by atomic mass is 32.3. The molecule has 35 nitrogen and oxygen atoms in total. The second-order valence-corrected chi connectivity index (χ2v) is 19.1. The monoisotopic (exact) mass is 1070 g/mol. The maximum absolute atomic E-state index is 12.5. The van der Waals surface area contributed by atoms with E-state index in [0.29, 0.717) is 0 Å². The van der Waals surface area contributed by atoms with Crippen LogP contribution in [0.4, 0.5) is 0 Å². The molecular formula is C28H48N2O33S4. The molecule has 0 bridgehead atoms. The summed E-state index contributed by atoms with van der Waals surface area (Å²) < 4.78 is 184. The highest BCUT2D eigenvalue weighted by molar-refractivity contribution is 7.81. The van der Waals surface area contributed by atoms with E-state index in [-0.39, 0.29) is 0 Å². The Morgan fingerprint density at radius 3 is 1.19 bits per heavy atom. The van der Waals surface area contributed by atoms with Crippen molar-refractivity contribution < 1.29 is 152 Å². The van der Waals surface area contributed by atoms with Crippen LogP contribution in [0.3, 0.4) is 0 Å². The highest BCUT2D eigenvalue weighted by Gasteiger charge is 2.56. The Hall–Kier alpha value is -2.18. The van der Waals surface area contributed by atoms with Gasteiger partial charge in [0.25, 0.3) is 0 Å². The zero-order valence-electron chi connectivity index (χ0n) is 33.9. The van der Waals surface area contributed by atoms with Crippen molar-refractivity contribution in [3.63, 3.8) is 0 Å². The van der Waals surface area contributed by atoms with E-state index in [1.54, 1.807) is 0 Å². The quantitative estimate of drug-likeness (QED) is 0.0504. The van der Waals surface area contributed by atoms with Crippen LogP contribution in [-0.4, -0.2) is 254 Å². The number of carbonyl (C=O) groups excluding carboxylic acids is 2. The Morgan fingerprint density at radius 1 is 0.418 bits per heavy atom. The van der Waals surface area contributed by atoms with Crippen LogP contribution in [0.5, 0.6) is 0 Å². The minimum atomic E-state index is -5.43. The maximum atomic E-state index is 12.5. The van der Waals surface area contributed by atoms with Crippen molar-refractivity contribution in [2.75, 3.05) is 26.4 Å². The number of aliphatic hydroxyl groups is 8. The summed E-state index contributed by atoms with van der Waals surface area (Å²) in [6.07, 6.45) is -40.4. The Bertz CT molecular complexity index is 2130. The summed E-state index contributed by atoms with van der Waals surface area (Å²) in [5, 5.41) is 92.0. The molecule has 0 spiro atoms. The molecule has 4 aliphatic rings. The molecule has 14 N–H and O–H groups in total. The van der Waals surface area contributed by atoms with Crippen molar-refractivity contribution in [1.29, 1.82) is 0 Å². The lowest BCUT2D eigenvalue weighted by Crippen LogP contribution is -2.70. The van der Waals surface area contributed by atoms with Crippen LogP contribution in [0.25, 0.3) is 0 Å². The van der Waals surface area contributed by atoms with Crippen molar-refractivity contribution in [3.8, 4) is 0 Å². The molecule has 4 saturated heterocycles. The summed E-state index contributed by atoms with van der Waals surface area (Å²) >= 11 is 0. The third-order valence-corrected chi connectivity index (χ3v) is 11.6. The van der Waals surface area contributed by atoms with Gasteiger partial charge in [-0.3, -0.25) is 27.8 Å². The normalized spacial score (nSPS) is 40.2. The number of amides is 2. The van der Waals surface area contributed by atoms with Crippen molar-refractivity contribution >= 4 is 53.4 Å². The van der Waals surface area contributed by atoms with E-state index in [4.69, 9.17) is 42.3 Å². The number of hydrogen-bond donors (Lipinski definition) is 14. The van der Waals surface area contributed by atoms with Gasteiger partial charge >= 0.3 is 41.6 Å². The Kier molecular flexibility index (Phi) is 19.6. The van der Waals surface area contributed by atoms with E-state index in [1.165, 1.54) is 0 Å². The summed E-state index contributed by atoms with van der Waals surface area (Å²) in [7, 11) is -21.3. The number of rotatable bonds is 20. The van der Waals surface area contributed by atoms with Gasteiger partial charge in [0.1, 0.15) is 97.5 Å². The predicted octanol–water partition coefficient (Wildman–Crippen LogP) is -10.2.